The molecule has 114 valence electrons. The van der Waals surface area contributed by atoms with E-state index in [0.717, 1.165) is 15.4 Å². The number of amides is 1. The number of nitrogens with one attached hydrogen (secondary N) is 1. The van der Waals surface area contributed by atoms with Gasteiger partial charge in [-0.15, -0.1) is 0 Å². The van der Waals surface area contributed by atoms with Gasteiger partial charge in [0.1, 0.15) is 5.58 Å². The summed E-state index contributed by atoms with van der Waals surface area (Å²) in [6, 6.07) is 5.63. The standard InChI is InChI=1S/C16H20BrNO3/c1-9(2)6-12(19)8-18-16(20)15-10(3)13-7-11(17)4-5-14(13)21-15/h4-5,7,9,12,19H,6,8H2,1-3H3,(H,18,20). The summed E-state index contributed by atoms with van der Waals surface area (Å²) >= 11 is 3.41. The lowest BCUT2D eigenvalue weighted by molar-refractivity contribution is 0.0875. The van der Waals surface area contributed by atoms with Crippen molar-refractivity contribution in [3.63, 3.8) is 0 Å². The van der Waals surface area contributed by atoms with E-state index in [0.29, 0.717) is 23.7 Å². The lowest BCUT2D eigenvalue weighted by atomic mass is 10.1. The van der Waals surface area contributed by atoms with Crippen LogP contribution in [0.2, 0.25) is 0 Å². The summed E-state index contributed by atoms with van der Waals surface area (Å²) in [7, 11) is 0. The quantitative estimate of drug-likeness (QED) is 0.862. The largest absolute Gasteiger partial charge is 0.451 e. The number of benzene rings is 1. The van der Waals surface area contributed by atoms with Gasteiger partial charge in [0.05, 0.1) is 6.10 Å². The lowest BCUT2D eigenvalue weighted by Gasteiger charge is -2.13. The summed E-state index contributed by atoms with van der Waals surface area (Å²) in [5.74, 6) is 0.407. The van der Waals surface area contributed by atoms with Crippen LogP contribution in [0.4, 0.5) is 0 Å². The van der Waals surface area contributed by atoms with Gasteiger partial charge >= 0.3 is 0 Å². The zero-order valence-corrected chi connectivity index (χ0v) is 14.0. The summed E-state index contributed by atoms with van der Waals surface area (Å²) in [5.41, 5.74) is 1.49. The Morgan fingerprint density at radius 3 is 2.81 bits per heavy atom. The predicted molar refractivity (Wildman–Crippen MR) is 86.4 cm³/mol. The molecule has 1 unspecified atom stereocenters. The normalized spacial score (nSPS) is 12.9. The number of aliphatic hydroxyl groups is 1. The van der Waals surface area contributed by atoms with Gasteiger partial charge in [-0.25, -0.2) is 0 Å². The van der Waals surface area contributed by atoms with Crippen LogP contribution in [0.25, 0.3) is 11.0 Å². The highest BCUT2D eigenvalue weighted by Crippen LogP contribution is 2.27. The highest BCUT2D eigenvalue weighted by molar-refractivity contribution is 9.10. The Kier molecular flexibility index (Phi) is 5.06. The average molecular weight is 354 g/mol. The minimum atomic E-state index is -0.534. The van der Waals surface area contributed by atoms with E-state index in [1.54, 1.807) is 0 Å². The Hall–Kier alpha value is -1.33. The summed E-state index contributed by atoms with van der Waals surface area (Å²) in [5, 5.41) is 13.4. The molecule has 0 saturated heterocycles. The van der Waals surface area contributed by atoms with Crippen LogP contribution in [0.1, 0.15) is 36.4 Å². The second-order valence-electron chi connectivity index (χ2n) is 5.69. The molecule has 1 amide bonds. The van der Waals surface area contributed by atoms with Gasteiger partial charge in [0, 0.05) is 22.0 Å². The number of aryl methyl sites for hydroxylation is 1. The number of carbonyl (C=O) groups excluding carboxylic acids is 1. The highest BCUT2D eigenvalue weighted by atomic mass is 79.9. The van der Waals surface area contributed by atoms with Crippen molar-refractivity contribution in [3.8, 4) is 0 Å². The molecule has 0 spiro atoms. The molecule has 1 atom stereocenters. The van der Waals surface area contributed by atoms with Crippen molar-refractivity contribution in [1.82, 2.24) is 5.32 Å². The Morgan fingerprint density at radius 1 is 1.43 bits per heavy atom. The maximum atomic E-state index is 12.2. The van der Waals surface area contributed by atoms with E-state index in [1.165, 1.54) is 0 Å². The van der Waals surface area contributed by atoms with E-state index in [1.807, 2.05) is 39.0 Å². The number of rotatable bonds is 5. The summed E-state index contributed by atoms with van der Waals surface area (Å²) in [6.45, 7) is 6.16. The number of aliphatic hydroxyl groups excluding tert-OH is 1. The zero-order chi connectivity index (χ0) is 15.6. The number of hydrogen-bond donors (Lipinski definition) is 2. The van der Waals surface area contributed by atoms with E-state index in [9.17, 15) is 9.90 Å². The average Bonchev–Trinajstić information content (AvgIpc) is 2.73. The van der Waals surface area contributed by atoms with E-state index in [-0.39, 0.29) is 12.5 Å². The topological polar surface area (TPSA) is 62.5 Å². The SMILES string of the molecule is Cc1c(C(=O)NCC(O)CC(C)C)oc2ccc(Br)cc12. The number of fused-ring (bicyclic) bond motifs is 1. The molecule has 1 aromatic carbocycles. The monoisotopic (exact) mass is 353 g/mol. The second-order valence-corrected chi connectivity index (χ2v) is 6.61. The Morgan fingerprint density at radius 2 is 2.14 bits per heavy atom. The minimum absolute atomic E-state index is 0.233. The third-order valence-corrected chi connectivity index (χ3v) is 3.84. The Balaban J connectivity index is 2.11. The van der Waals surface area contributed by atoms with Gasteiger partial charge in [0.15, 0.2) is 5.76 Å². The van der Waals surface area contributed by atoms with Crippen molar-refractivity contribution in [1.29, 1.82) is 0 Å². The summed E-state index contributed by atoms with van der Waals surface area (Å²) in [6.07, 6.45) is 0.125. The first-order valence-electron chi connectivity index (χ1n) is 7.03. The van der Waals surface area contributed by atoms with Crippen molar-refractivity contribution in [2.24, 2.45) is 5.92 Å². The fourth-order valence-electron chi connectivity index (χ4n) is 2.33. The van der Waals surface area contributed by atoms with Crippen molar-refractivity contribution in [3.05, 3.63) is 34.0 Å². The first kappa shape index (κ1) is 16.0. The molecule has 2 N–H and O–H groups in total. The molecule has 21 heavy (non-hydrogen) atoms. The molecule has 0 aliphatic carbocycles. The molecule has 5 heteroatoms. The van der Waals surface area contributed by atoms with E-state index >= 15 is 0 Å². The van der Waals surface area contributed by atoms with Crippen molar-refractivity contribution in [2.75, 3.05) is 6.54 Å². The van der Waals surface area contributed by atoms with Gasteiger partial charge in [0.2, 0.25) is 0 Å². The molecular weight excluding hydrogens is 334 g/mol. The van der Waals surface area contributed by atoms with E-state index in [4.69, 9.17) is 4.42 Å². The first-order valence-corrected chi connectivity index (χ1v) is 7.82. The van der Waals surface area contributed by atoms with Crippen LogP contribution in [-0.4, -0.2) is 23.7 Å². The molecule has 2 rings (SSSR count). The van der Waals surface area contributed by atoms with E-state index in [2.05, 4.69) is 21.2 Å². The van der Waals surface area contributed by atoms with Gasteiger partial charge in [-0.1, -0.05) is 29.8 Å². The van der Waals surface area contributed by atoms with Crippen LogP contribution in [0, 0.1) is 12.8 Å². The maximum absolute atomic E-state index is 12.2. The minimum Gasteiger partial charge on any atom is -0.451 e. The van der Waals surface area contributed by atoms with Crippen molar-refractivity contribution < 1.29 is 14.3 Å². The first-order chi connectivity index (χ1) is 9.88. The third-order valence-electron chi connectivity index (χ3n) is 3.35. The van der Waals surface area contributed by atoms with Gasteiger partial charge in [0.25, 0.3) is 5.91 Å². The second kappa shape index (κ2) is 6.62. The van der Waals surface area contributed by atoms with Crippen molar-refractivity contribution >= 4 is 32.8 Å². The lowest BCUT2D eigenvalue weighted by Crippen LogP contribution is -2.32. The number of carbonyl (C=O) groups is 1. The molecule has 1 heterocycles. The van der Waals surface area contributed by atoms with Crippen molar-refractivity contribution in [2.45, 2.75) is 33.3 Å². The van der Waals surface area contributed by atoms with Gasteiger partial charge in [-0.2, -0.15) is 0 Å². The summed E-state index contributed by atoms with van der Waals surface area (Å²) in [4.78, 5) is 12.2. The van der Waals surface area contributed by atoms with Gasteiger partial charge in [-0.05, 0) is 37.5 Å². The summed E-state index contributed by atoms with van der Waals surface area (Å²) < 4.78 is 6.56. The molecule has 0 radical (unpaired) electrons. The Labute approximate surface area is 132 Å². The van der Waals surface area contributed by atoms with E-state index < -0.39 is 6.10 Å². The smallest absolute Gasteiger partial charge is 0.287 e. The molecule has 1 aromatic heterocycles. The molecule has 0 fully saturated rings. The molecule has 0 bridgehead atoms. The van der Waals surface area contributed by atoms with Crippen LogP contribution in [-0.2, 0) is 0 Å². The maximum Gasteiger partial charge on any atom is 0.287 e. The molecule has 2 aromatic rings. The van der Waals surface area contributed by atoms with Crippen LogP contribution in [0.5, 0.6) is 0 Å². The van der Waals surface area contributed by atoms with Crippen LogP contribution < -0.4 is 5.32 Å². The highest BCUT2D eigenvalue weighted by Gasteiger charge is 2.18. The van der Waals surface area contributed by atoms with Crippen LogP contribution >= 0.6 is 15.9 Å². The molecule has 4 nitrogen and oxygen atoms in total. The fourth-order valence-corrected chi connectivity index (χ4v) is 2.69. The number of hydrogen-bond acceptors (Lipinski definition) is 3. The Bertz CT molecular complexity index is 648. The van der Waals surface area contributed by atoms with Crippen LogP contribution in [0.15, 0.2) is 27.1 Å². The predicted octanol–water partition coefficient (Wildman–Crippen LogP) is 3.64. The van der Waals surface area contributed by atoms with Gasteiger partial charge < -0.3 is 14.8 Å². The zero-order valence-electron chi connectivity index (χ0n) is 12.4. The molecular formula is C16H20BrNO3. The van der Waals surface area contributed by atoms with Crippen LogP contribution in [0.3, 0.4) is 0 Å². The number of furan rings is 1. The van der Waals surface area contributed by atoms with Gasteiger partial charge in [-0.3, -0.25) is 4.79 Å². The molecule has 0 aliphatic heterocycles. The fraction of sp³-hybridized carbons (Fsp3) is 0.438. The molecule has 0 saturated carbocycles. The number of halogens is 1. The third kappa shape index (κ3) is 3.86. The molecule has 0 aliphatic rings.